The summed E-state index contributed by atoms with van der Waals surface area (Å²) in [4.78, 5) is 23.6. The van der Waals surface area contributed by atoms with E-state index >= 15 is 0 Å². The second kappa shape index (κ2) is 6.96. The zero-order valence-corrected chi connectivity index (χ0v) is 14.4. The van der Waals surface area contributed by atoms with E-state index < -0.39 is 0 Å². The number of rotatable bonds is 5. The van der Waals surface area contributed by atoms with Crippen LogP contribution >= 0.6 is 15.9 Å². The van der Waals surface area contributed by atoms with Gasteiger partial charge in [0.2, 0.25) is 5.91 Å². The molecule has 22 heavy (non-hydrogen) atoms. The first-order chi connectivity index (χ1) is 10.4. The van der Waals surface area contributed by atoms with Crippen molar-refractivity contribution in [3.8, 4) is 0 Å². The van der Waals surface area contributed by atoms with Gasteiger partial charge in [0.15, 0.2) is 5.76 Å². The fourth-order valence-electron chi connectivity index (χ4n) is 2.06. The largest absolute Gasteiger partial charge is 0.451 e. The predicted octanol–water partition coefficient (Wildman–Crippen LogP) is 3.01. The molecule has 0 saturated carbocycles. The highest BCUT2D eigenvalue weighted by molar-refractivity contribution is 9.10. The van der Waals surface area contributed by atoms with Crippen LogP contribution in [0, 0.1) is 12.8 Å². The van der Waals surface area contributed by atoms with E-state index in [4.69, 9.17) is 4.42 Å². The van der Waals surface area contributed by atoms with Crippen molar-refractivity contribution in [1.82, 2.24) is 10.6 Å². The summed E-state index contributed by atoms with van der Waals surface area (Å²) in [6.45, 7) is 6.26. The van der Waals surface area contributed by atoms with Gasteiger partial charge in [0.05, 0.1) is 0 Å². The third-order valence-electron chi connectivity index (χ3n) is 3.34. The van der Waals surface area contributed by atoms with Crippen molar-refractivity contribution in [2.24, 2.45) is 5.92 Å². The summed E-state index contributed by atoms with van der Waals surface area (Å²) < 4.78 is 6.55. The molecule has 0 atom stereocenters. The molecule has 6 heteroatoms. The maximum absolute atomic E-state index is 12.2. The van der Waals surface area contributed by atoms with Crippen LogP contribution in [0.15, 0.2) is 27.1 Å². The molecule has 0 spiro atoms. The summed E-state index contributed by atoms with van der Waals surface area (Å²) in [6.07, 6.45) is 0. The Morgan fingerprint density at radius 2 is 1.91 bits per heavy atom. The number of nitrogens with one attached hydrogen (secondary N) is 2. The molecular weight excluding hydrogens is 348 g/mol. The Morgan fingerprint density at radius 1 is 1.23 bits per heavy atom. The van der Waals surface area contributed by atoms with Crippen LogP contribution in [0.3, 0.4) is 0 Å². The Bertz CT molecular complexity index is 707. The van der Waals surface area contributed by atoms with Gasteiger partial charge in [0.25, 0.3) is 5.91 Å². The number of halogens is 1. The highest BCUT2D eigenvalue weighted by atomic mass is 79.9. The highest BCUT2D eigenvalue weighted by Crippen LogP contribution is 2.27. The van der Waals surface area contributed by atoms with Crippen molar-refractivity contribution < 1.29 is 14.0 Å². The molecule has 2 aromatic rings. The van der Waals surface area contributed by atoms with Gasteiger partial charge in [0, 0.05) is 34.4 Å². The number of amides is 2. The first-order valence-corrected chi connectivity index (χ1v) is 7.94. The molecule has 5 nitrogen and oxygen atoms in total. The lowest BCUT2D eigenvalue weighted by atomic mass is 10.1. The topological polar surface area (TPSA) is 71.3 Å². The van der Waals surface area contributed by atoms with Crippen LogP contribution in [0.1, 0.15) is 30.0 Å². The molecule has 0 unspecified atom stereocenters. The Kier molecular flexibility index (Phi) is 5.24. The predicted molar refractivity (Wildman–Crippen MR) is 88.8 cm³/mol. The molecule has 2 amide bonds. The molecule has 0 aliphatic rings. The van der Waals surface area contributed by atoms with Gasteiger partial charge in [0.1, 0.15) is 5.58 Å². The molecule has 0 fully saturated rings. The van der Waals surface area contributed by atoms with Crippen molar-refractivity contribution in [2.45, 2.75) is 20.8 Å². The van der Waals surface area contributed by atoms with Crippen LogP contribution in [0.2, 0.25) is 0 Å². The van der Waals surface area contributed by atoms with E-state index in [0.717, 1.165) is 15.4 Å². The summed E-state index contributed by atoms with van der Waals surface area (Å²) in [5.41, 5.74) is 1.49. The second-order valence-electron chi connectivity index (χ2n) is 5.40. The normalized spacial score (nSPS) is 11.0. The van der Waals surface area contributed by atoms with Gasteiger partial charge in [-0.15, -0.1) is 0 Å². The molecule has 0 bridgehead atoms. The van der Waals surface area contributed by atoms with Crippen LogP contribution in [0.4, 0.5) is 0 Å². The van der Waals surface area contributed by atoms with Gasteiger partial charge in [-0.3, -0.25) is 9.59 Å². The molecular formula is C16H19BrN2O3. The first kappa shape index (κ1) is 16.5. The van der Waals surface area contributed by atoms with Crippen LogP contribution in [-0.2, 0) is 4.79 Å². The third-order valence-corrected chi connectivity index (χ3v) is 3.83. The minimum Gasteiger partial charge on any atom is -0.451 e. The van der Waals surface area contributed by atoms with Gasteiger partial charge in [-0.1, -0.05) is 29.8 Å². The summed E-state index contributed by atoms with van der Waals surface area (Å²) in [7, 11) is 0. The zero-order chi connectivity index (χ0) is 16.3. The summed E-state index contributed by atoms with van der Waals surface area (Å²) >= 11 is 3.41. The van der Waals surface area contributed by atoms with E-state index in [2.05, 4.69) is 26.6 Å². The summed E-state index contributed by atoms with van der Waals surface area (Å²) in [5.74, 6) is -0.0577. The van der Waals surface area contributed by atoms with Gasteiger partial charge in [-0.05, 0) is 25.1 Å². The maximum atomic E-state index is 12.2. The smallest absolute Gasteiger partial charge is 0.287 e. The van der Waals surface area contributed by atoms with Crippen molar-refractivity contribution in [1.29, 1.82) is 0 Å². The molecule has 0 saturated heterocycles. The number of carbonyl (C=O) groups excluding carboxylic acids is 2. The fourth-order valence-corrected chi connectivity index (χ4v) is 2.42. The molecule has 118 valence electrons. The van der Waals surface area contributed by atoms with Crippen LogP contribution in [0.5, 0.6) is 0 Å². The lowest BCUT2D eigenvalue weighted by Crippen LogP contribution is -2.36. The van der Waals surface area contributed by atoms with Crippen molar-refractivity contribution >= 4 is 38.7 Å². The third kappa shape index (κ3) is 3.68. The van der Waals surface area contributed by atoms with E-state index in [1.54, 1.807) is 0 Å². The van der Waals surface area contributed by atoms with E-state index in [9.17, 15) is 9.59 Å². The lowest BCUT2D eigenvalue weighted by molar-refractivity contribution is -0.123. The van der Waals surface area contributed by atoms with Crippen molar-refractivity contribution in [2.75, 3.05) is 13.1 Å². The molecule has 2 N–H and O–H groups in total. The van der Waals surface area contributed by atoms with Crippen molar-refractivity contribution in [3.63, 3.8) is 0 Å². The number of furan rings is 1. The number of hydrogen-bond donors (Lipinski definition) is 2. The zero-order valence-electron chi connectivity index (χ0n) is 12.8. The van der Waals surface area contributed by atoms with Crippen molar-refractivity contribution in [3.05, 3.63) is 34.0 Å². The standard InChI is InChI=1S/C16H19BrN2O3/c1-9(2)15(20)18-6-7-19-16(21)14-10(3)12-8-11(17)4-5-13(12)22-14/h4-5,8-9H,6-7H2,1-3H3,(H,18,20)(H,19,21). The minimum atomic E-state index is -0.274. The number of aryl methyl sites for hydroxylation is 1. The fraction of sp³-hybridized carbons (Fsp3) is 0.375. The molecule has 0 aliphatic heterocycles. The number of benzene rings is 1. The monoisotopic (exact) mass is 366 g/mol. The number of carbonyl (C=O) groups is 2. The summed E-state index contributed by atoms with van der Waals surface area (Å²) in [6, 6.07) is 5.62. The van der Waals surface area contributed by atoms with E-state index in [-0.39, 0.29) is 17.7 Å². The minimum absolute atomic E-state index is 0.0287. The maximum Gasteiger partial charge on any atom is 0.287 e. The van der Waals surface area contributed by atoms with E-state index in [1.165, 1.54) is 0 Å². The quantitative estimate of drug-likeness (QED) is 0.798. The first-order valence-electron chi connectivity index (χ1n) is 7.14. The Labute approximate surface area is 137 Å². The van der Waals surface area contributed by atoms with Gasteiger partial charge in [-0.2, -0.15) is 0 Å². The SMILES string of the molecule is Cc1c(C(=O)NCCNC(=O)C(C)C)oc2ccc(Br)cc12. The van der Waals surface area contributed by atoms with Crippen LogP contribution in [0.25, 0.3) is 11.0 Å². The molecule has 1 heterocycles. The second-order valence-corrected chi connectivity index (χ2v) is 6.31. The summed E-state index contributed by atoms with van der Waals surface area (Å²) in [5, 5.41) is 6.41. The van der Waals surface area contributed by atoms with Crippen LogP contribution in [-0.4, -0.2) is 24.9 Å². The Hall–Kier alpha value is -1.82. The molecule has 2 rings (SSSR count). The van der Waals surface area contributed by atoms with E-state index in [0.29, 0.717) is 24.4 Å². The Morgan fingerprint density at radius 3 is 2.59 bits per heavy atom. The molecule has 1 aromatic carbocycles. The molecule has 0 aliphatic carbocycles. The van der Waals surface area contributed by atoms with E-state index in [1.807, 2.05) is 39.0 Å². The molecule has 1 aromatic heterocycles. The molecule has 0 radical (unpaired) electrons. The van der Waals surface area contributed by atoms with Gasteiger partial charge >= 0.3 is 0 Å². The highest BCUT2D eigenvalue weighted by Gasteiger charge is 2.17. The average molecular weight is 367 g/mol. The number of hydrogen-bond acceptors (Lipinski definition) is 3. The van der Waals surface area contributed by atoms with Gasteiger partial charge < -0.3 is 15.1 Å². The Balaban J connectivity index is 1.98. The number of fused-ring (bicyclic) bond motifs is 1. The lowest BCUT2D eigenvalue weighted by Gasteiger charge is -2.08. The average Bonchev–Trinajstić information content (AvgIpc) is 2.80. The van der Waals surface area contributed by atoms with Crippen LogP contribution < -0.4 is 10.6 Å². The van der Waals surface area contributed by atoms with Gasteiger partial charge in [-0.25, -0.2) is 0 Å².